The molecule has 2 rings (SSSR count). The molecule has 20 heavy (non-hydrogen) atoms. The summed E-state index contributed by atoms with van der Waals surface area (Å²) in [6.07, 6.45) is 1.16. The molecule has 3 heteroatoms. The molecule has 112 valence electrons. The van der Waals surface area contributed by atoms with Crippen molar-refractivity contribution in [2.24, 2.45) is 0 Å². The minimum atomic E-state index is 0.397. The summed E-state index contributed by atoms with van der Waals surface area (Å²) in [5.74, 6) is 0. The molecule has 1 heterocycles. The fourth-order valence-corrected chi connectivity index (χ4v) is 2.84. The number of aryl methyl sites for hydroxylation is 1. The molecule has 1 aromatic carbocycles. The molecular weight excluding hydrogens is 248 g/mol. The zero-order valence-electron chi connectivity index (χ0n) is 13.1. The van der Waals surface area contributed by atoms with Gasteiger partial charge in [-0.15, -0.1) is 0 Å². The van der Waals surface area contributed by atoms with Gasteiger partial charge in [0.2, 0.25) is 0 Å². The van der Waals surface area contributed by atoms with E-state index in [1.807, 2.05) is 0 Å². The van der Waals surface area contributed by atoms with Gasteiger partial charge in [0.15, 0.2) is 0 Å². The largest absolute Gasteiger partial charge is 0.379 e. The van der Waals surface area contributed by atoms with Crippen LogP contribution in [0.25, 0.3) is 0 Å². The van der Waals surface area contributed by atoms with Gasteiger partial charge in [0, 0.05) is 25.2 Å². The summed E-state index contributed by atoms with van der Waals surface area (Å²) in [6.45, 7) is 11.6. The van der Waals surface area contributed by atoms with Crippen LogP contribution in [0.3, 0.4) is 0 Å². The molecule has 3 nitrogen and oxygen atoms in total. The first-order valence-electron chi connectivity index (χ1n) is 7.84. The average molecular weight is 276 g/mol. The lowest BCUT2D eigenvalue weighted by molar-refractivity contribution is 0.0120. The number of nitrogens with one attached hydrogen (secondary N) is 1. The Bertz CT molecular complexity index is 384. The van der Waals surface area contributed by atoms with Crippen molar-refractivity contribution in [3.63, 3.8) is 0 Å². The van der Waals surface area contributed by atoms with E-state index in [1.54, 1.807) is 0 Å². The molecule has 1 aliphatic rings. The van der Waals surface area contributed by atoms with Gasteiger partial charge >= 0.3 is 0 Å². The fraction of sp³-hybridized carbons (Fsp3) is 0.647. The van der Waals surface area contributed by atoms with Gasteiger partial charge in [-0.25, -0.2) is 0 Å². The van der Waals surface area contributed by atoms with E-state index in [-0.39, 0.29) is 0 Å². The molecular formula is C17H28N2O. The van der Waals surface area contributed by atoms with Crippen molar-refractivity contribution in [2.45, 2.75) is 39.3 Å². The summed E-state index contributed by atoms with van der Waals surface area (Å²) in [4.78, 5) is 2.54. The van der Waals surface area contributed by atoms with Crippen molar-refractivity contribution in [1.29, 1.82) is 0 Å². The lowest BCUT2D eigenvalue weighted by Gasteiger charge is -2.37. The molecule has 0 radical (unpaired) electrons. The first-order valence-corrected chi connectivity index (χ1v) is 7.84. The molecule has 0 bridgehead atoms. The lowest BCUT2D eigenvalue weighted by atomic mass is 9.97. The van der Waals surface area contributed by atoms with Crippen LogP contribution in [0.4, 0.5) is 0 Å². The van der Waals surface area contributed by atoms with Crippen molar-refractivity contribution in [3.05, 3.63) is 35.4 Å². The smallest absolute Gasteiger partial charge is 0.0594 e. The number of hydrogen-bond donors (Lipinski definition) is 1. The number of nitrogens with zero attached hydrogens (tertiary/aromatic N) is 1. The zero-order valence-corrected chi connectivity index (χ0v) is 13.1. The predicted octanol–water partition coefficient (Wildman–Crippen LogP) is 2.76. The van der Waals surface area contributed by atoms with Crippen LogP contribution in [0.15, 0.2) is 24.3 Å². The Morgan fingerprint density at radius 3 is 2.45 bits per heavy atom. The Balaban J connectivity index is 2.10. The minimum Gasteiger partial charge on any atom is -0.379 e. The highest BCUT2D eigenvalue weighted by Crippen LogP contribution is 2.22. The highest BCUT2D eigenvalue weighted by atomic mass is 16.5. The summed E-state index contributed by atoms with van der Waals surface area (Å²) in [7, 11) is 0. The summed E-state index contributed by atoms with van der Waals surface area (Å²) in [5.41, 5.74) is 2.71. The molecule has 0 aromatic heterocycles. The highest BCUT2D eigenvalue weighted by molar-refractivity contribution is 5.25. The SMILES string of the molecule is CCCNC(c1ccc(C)cc1)C(C)N1CCOCC1. The first-order chi connectivity index (χ1) is 9.72. The predicted molar refractivity (Wildman–Crippen MR) is 84.1 cm³/mol. The van der Waals surface area contributed by atoms with Crippen LogP contribution in [0.1, 0.15) is 37.4 Å². The standard InChI is InChI=1S/C17H28N2O/c1-4-9-18-17(16-7-5-14(2)6-8-16)15(3)19-10-12-20-13-11-19/h5-8,15,17-18H,4,9-13H2,1-3H3. The summed E-state index contributed by atoms with van der Waals surface area (Å²) < 4.78 is 5.47. The summed E-state index contributed by atoms with van der Waals surface area (Å²) in [6, 6.07) is 9.84. The molecule has 1 saturated heterocycles. The molecule has 0 aliphatic carbocycles. The molecule has 1 aromatic rings. The molecule has 1 fully saturated rings. The van der Waals surface area contributed by atoms with Crippen LogP contribution in [0, 0.1) is 6.92 Å². The van der Waals surface area contributed by atoms with E-state index >= 15 is 0 Å². The molecule has 2 atom stereocenters. The second-order valence-electron chi connectivity index (χ2n) is 5.73. The van der Waals surface area contributed by atoms with Gasteiger partial charge < -0.3 is 10.1 Å². The number of benzene rings is 1. The van der Waals surface area contributed by atoms with Crippen molar-refractivity contribution >= 4 is 0 Å². The monoisotopic (exact) mass is 276 g/mol. The average Bonchev–Trinajstić information content (AvgIpc) is 2.50. The van der Waals surface area contributed by atoms with Gasteiger partial charge in [-0.05, 0) is 32.4 Å². The molecule has 0 amide bonds. The lowest BCUT2D eigenvalue weighted by Crippen LogP contribution is -2.48. The van der Waals surface area contributed by atoms with E-state index in [9.17, 15) is 0 Å². The van der Waals surface area contributed by atoms with E-state index in [0.717, 1.165) is 39.3 Å². The second kappa shape index (κ2) is 7.77. The van der Waals surface area contributed by atoms with E-state index in [1.165, 1.54) is 11.1 Å². The maximum atomic E-state index is 5.47. The summed E-state index contributed by atoms with van der Waals surface area (Å²) >= 11 is 0. The van der Waals surface area contributed by atoms with E-state index in [0.29, 0.717) is 12.1 Å². The number of ether oxygens (including phenoxy) is 1. The maximum absolute atomic E-state index is 5.47. The van der Waals surface area contributed by atoms with E-state index in [2.05, 4.69) is 55.3 Å². The van der Waals surface area contributed by atoms with Crippen LogP contribution in [-0.2, 0) is 4.74 Å². The Kier molecular flexibility index (Phi) is 6.02. The molecule has 1 N–H and O–H groups in total. The fourth-order valence-electron chi connectivity index (χ4n) is 2.84. The molecule has 0 saturated carbocycles. The van der Waals surface area contributed by atoms with Gasteiger partial charge in [0.25, 0.3) is 0 Å². The van der Waals surface area contributed by atoms with E-state index in [4.69, 9.17) is 4.74 Å². The Morgan fingerprint density at radius 2 is 1.85 bits per heavy atom. The first kappa shape index (κ1) is 15.5. The Labute approximate surface area is 123 Å². The van der Waals surface area contributed by atoms with Crippen LogP contribution < -0.4 is 5.32 Å². The van der Waals surface area contributed by atoms with Crippen LogP contribution >= 0.6 is 0 Å². The van der Waals surface area contributed by atoms with Crippen molar-refractivity contribution in [1.82, 2.24) is 10.2 Å². The van der Waals surface area contributed by atoms with Crippen molar-refractivity contribution in [2.75, 3.05) is 32.8 Å². The number of morpholine rings is 1. The minimum absolute atomic E-state index is 0.397. The van der Waals surface area contributed by atoms with Crippen LogP contribution in [-0.4, -0.2) is 43.8 Å². The van der Waals surface area contributed by atoms with Crippen molar-refractivity contribution < 1.29 is 4.74 Å². The van der Waals surface area contributed by atoms with Crippen molar-refractivity contribution in [3.8, 4) is 0 Å². The number of hydrogen-bond acceptors (Lipinski definition) is 3. The van der Waals surface area contributed by atoms with Gasteiger partial charge in [0.05, 0.1) is 13.2 Å². The van der Waals surface area contributed by atoms with Gasteiger partial charge in [-0.3, -0.25) is 4.90 Å². The second-order valence-corrected chi connectivity index (χ2v) is 5.73. The third-order valence-electron chi connectivity index (χ3n) is 4.15. The third-order valence-corrected chi connectivity index (χ3v) is 4.15. The van der Waals surface area contributed by atoms with Gasteiger partial charge in [0.1, 0.15) is 0 Å². The molecule has 2 unspecified atom stereocenters. The van der Waals surface area contributed by atoms with Gasteiger partial charge in [-0.1, -0.05) is 36.8 Å². The van der Waals surface area contributed by atoms with Crippen LogP contribution in [0.5, 0.6) is 0 Å². The highest BCUT2D eigenvalue weighted by Gasteiger charge is 2.25. The summed E-state index contributed by atoms with van der Waals surface area (Å²) in [5, 5.41) is 3.72. The zero-order chi connectivity index (χ0) is 14.4. The maximum Gasteiger partial charge on any atom is 0.0594 e. The van der Waals surface area contributed by atoms with Gasteiger partial charge in [-0.2, -0.15) is 0 Å². The Hall–Kier alpha value is -0.900. The van der Waals surface area contributed by atoms with E-state index < -0.39 is 0 Å². The molecule has 1 aliphatic heterocycles. The Morgan fingerprint density at radius 1 is 1.20 bits per heavy atom. The number of rotatable bonds is 6. The molecule has 0 spiro atoms. The van der Waals surface area contributed by atoms with Crippen LogP contribution in [0.2, 0.25) is 0 Å². The topological polar surface area (TPSA) is 24.5 Å². The third kappa shape index (κ3) is 4.05. The quantitative estimate of drug-likeness (QED) is 0.864. The normalized spacial score (nSPS) is 19.8.